The Morgan fingerprint density at radius 2 is 1.76 bits per heavy atom. The predicted octanol–water partition coefficient (Wildman–Crippen LogP) is 3.95. The third-order valence-corrected chi connectivity index (χ3v) is 3.58. The lowest BCUT2D eigenvalue weighted by molar-refractivity contribution is 0.476. The fraction of sp³-hybridized carbons (Fsp3) is 0.200. The summed E-state index contributed by atoms with van der Waals surface area (Å²) in [5, 5.41) is 12.0. The van der Waals surface area contributed by atoms with Gasteiger partial charge in [-0.05, 0) is 55.7 Å². The normalized spacial score (nSPS) is 11.5. The lowest BCUT2D eigenvalue weighted by Crippen LogP contribution is -1.85. The van der Waals surface area contributed by atoms with Gasteiger partial charge in [-0.25, -0.2) is 0 Å². The Bertz CT molecular complexity index is 738. The van der Waals surface area contributed by atoms with E-state index in [0.29, 0.717) is 5.75 Å². The first-order valence-corrected chi connectivity index (χ1v) is 5.79. The van der Waals surface area contributed by atoms with Gasteiger partial charge in [0.15, 0.2) is 0 Å². The average molecular weight is 225 g/mol. The molecule has 2 aromatic carbocycles. The van der Waals surface area contributed by atoms with E-state index >= 15 is 0 Å². The maximum absolute atomic E-state index is 9.62. The van der Waals surface area contributed by atoms with Gasteiger partial charge >= 0.3 is 0 Å². The minimum absolute atomic E-state index is 0.317. The monoisotopic (exact) mass is 225 g/mol. The van der Waals surface area contributed by atoms with Crippen molar-refractivity contribution in [3.05, 3.63) is 41.0 Å². The molecule has 17 heavy (non-hydrogen) atoms. The number of hydrogen-bond donors (Lipinski definition) is 2. The number of hydrogen-bond acceptors (Lipinski definition) is 1. The second kappa shape index (κ2) is 3.27. The van der Waals surface area contributed by atoms with E-state index in [9.17, 15) is 5.11 Å². The Balaban J connectivity index is 2.63. The van der Waals surface area contributed by atoms with Crippen molar-refractivity contribution in [3.8, 4) is 5.75 Å². The first-order valence-electron chi connectivity index (χ1n) is 5.79. The number of aryl methyl sites for hydroxylation is 3. The van der Waals surface area contributed by atoms with E-state index in [-0.39, 0.29) is 0 Å². The van der Waals surface area contributed by atoms with Gasteiger partial charge in [0, 0.05) is 21.8 Å². The number of rotatable bonds is 0. The maximum atomic E-state index is 9.62. The zero-order valence-corrected chi connectivity index (χ0v) is 10.3. The van der Waals surface area contributed by atoms with Crippen LogP contribution in [0.15, 0.2) is 24.3 Å². The van der Waals surface area contributed by atoms with Crippen molar-refractivity contribution < 1.29 is 5.11 Å². The second-order valence-corrected chi connectivity index (χ2v) is 4.74. The molecule has 0 fully saturated rings. The van der Waals surface area contributed by atoms with Gasteiger partial charge in [0.1, 0.15) is 5.75 Å². The van der Waals surface area contributed by atoms with E-state index in [1.54, 1.807) is 6.07 Å². The predicted molar refractivity (Wildman–Crippen MR) is 71.7 cm³/mol. The van der Waals surface area contributed by atoms with E-state index < -0.39 is 0 Å². The van der Waals surface area contributed by atoms with E-state index in [4.69, 9.17) is 0 Å². The molecule has 0 spiro atoms. The molecule has 0 saturated heterocycles. The quantitative estimate of drug-likeness (QED) is 0.597. The molecule has 0 radical (unpaired) electrons. The van der Waals surface area contributed by atoms with Crippen molar-refractivity contribution >= 4 is 21.8 Å². The number of phenolic OH excluding ortho intramolecular Hbond substituents is 1. The first kappa shape index (κ1) is 10.2. The van der Waals surface area contributed by atoms with Crippen LogP contribution in [0.25, 0.3) is 21.8 Å². The van der Waals surface area contributed by atoms with Crippen LogP contribution >= 0.6 is 0 Å². The number of aromatic hydroxyl groups is 1. The van der Waals surface area contributed by atoms with Crippen LogP contribution in [0, 0.1) is 20.8 Å². The average Bonchev–Trinajstić information content (AvgIpc) is 2.65. The van der Waals surface area contributed by atoms with Crippen LogP contribution in [0.1, 0.15) is 16.7 Å². The summed E-state index contributed by atoms with van der Waals surface area (Å²) in [6.45, 7) is 6.38. The SMILES string of the molecule is Cc1cc(C)c2[nH]c3ccc(O)cc3c2c1C. The summed E-state index contributed by atoms with van der Waals surface area (Å²) in [6, 6.07) is 7.68. The molecule has 0 aliphatic heterocycles. The van der Waals surface area contributed by atoms with Gasteiger partial charge in [0.2, 0.25) is 0 Å². The fourth-order valence-corrected chi connectivity index (χ4v) is 2.57. The highest BCUT2D eigenvalue weighted by Gasteiger charge is 2.11. The van der Waals surface area contributed by atoms with E-state index in [1.807, 2.05) is 12.1 Å². The van der Waals surface area contributed by atoms with Crippen LogP contribution in [-0.2, 0) is 0 Å². The Kier molecular flexibility index (Phi) is 1.96. The van der Waals surface area contributed by atoms with Crippen LogP contribution in [-0.4, -0.2) is 10.1 Å². The molecular formula is C15H15NO. The lowest BCUT2D eigenvalue weighted by Gasteiger charge is -2.05. The molecule has 2 nitrogen and oxygen atoms in total. The van der Waals surface area contributed by atoms with Crippen molar-refractivity contribution in [2.45, 2.75) is 20.8 Å². The maximum Gasteiger partial charge on any atom is 0.116 e. The molecule has 0 atom stereocenters. The highest BCUT2D eigenvalue weighted by molar-refractivity contribution is 6.10. The number of aromatic nitrogens is 1. The molecule has 3 aromatic rings. The lowest BCUT2D eigenvalue weighted by atomic mass is 9.99. The molecule has 86 valence electrons. The van der Waals surface area contributed by atoms with Crippen LogP contribution in [0.4, 0.5) is 0 Å². The van der Waals surface area contributed by atoms with Crippen molar-refractivity contribution in [2.75, 3.05) is 0 Å². The number of benzene rings is 2. The van der Waals surface area contributed by atoms with Gasteiger partial charge in [0.05, 0.1) is 0 Å². The molecule has 0 bridgehead atoms. The molecule has 0 aliphatic rings. The van der Waals surface area contributed by atoms with Gasteiger partial charge in [-0.1, -0.05) is 6.07 Å². The minimum atomic E-state index is 0.317. The number of nitrogens with one attached hydrogen (secondary N) is 1. The second-order valence-electron chi connectivity index (χ2n) is 4.74. The minimum Gasteiger partial charge on any atom is -0.508 e. The third-order valence-electron chi connectivity index (χ3n) is 3.58. The van der Waals surface area contributed by atoms with Crippen LogP contribution in [0.2, 0.25) is 0 Å². The first-order chi connectivity index (χ1) is 8.08. The molecule has 0 unspecified atom stereocenters. The molecule has 0 amide bonds. The Morgan fingerprint density at radius 3 is 2.53 bits per heavy atom. The highest BCUT2D eigenvalue weighted by atomic mass is 16.3. The number of fused-ring (bicyclic) bond motifs is 3. The summed E-state index contributed by atoms with van der Waals surface area (Å²) in [5.74, 6) is 0.317. The van der Waals surface area contributed by atoms with Crippen LogP contribution in [0.3, 0.4) is 0 Å². The largest absolute Gasteiger partial charge is 0.508 e. The molecule has 0 aliphatic carbocycles. The van der Waals surface area contributed by atoms with Gasteiger partial charge in [-0.15, -0.1) is 0 Å². The van der Waals surface area contributed by atoms with E-state index in [0.717, 1.165) is 10.9 Å². The topological polar surface area (TPSA) is 36.0 Å². The van der Waals surface area contributed by atoms with Crippen molar-refractivity contribution in [1.29, 1.82) is 0 Å². The summed E-state index contributed by atoms with van der Waals surface area (Å²) in [6.07, 6.45) is 0. The smallest absolute Gasteiger partial charge is 0.116 e. The molecule has 2 N–H and O–H groups in total. The zero-order chi connectivity index (χ0) is 12.2. The van der Waals surface area contributed by atoms with Crippen LogP contribution in [0.5, 0.6) is 5.75 Å². The number of H-pyrrole nitrogens is 1. The number of aromatic amines is 1. The van der Waals surface area contributed by atoms with Crippen molar-refractivity contribution in [2.24, 2.45) is 0 Å². The highest BCUT2D eigenvalue weighted by Crippen LogP contribution is 2.33. The third kappa shape index (κ3) is 1.34. The molecule has 3 rings (SSSR count). The Labute approximate surface area is 99.9 Å². The van der Waals surface area contributed by atoms with E-state index in [1.165, 1.54) is 27.6 Å². The fourth-order valence-electron chi connectivity index (χ4n) is 2.57. The standard InChI is InChI=1S/C15H15NO/c1-8-6-9(2)15-14(10(8)3)12-7-11(17)4-5-13(12)16-15/h4-7,16-17H,1-3H3. The van der Waals surface area contributed by atoms with Crippen molar-refractivity contribution in [3.63, 3.8) is 0 Å². The Morgan fingerprint density at radius 1 is 1.00 bits per heavy atom. The molecule has 1 heterocycles. The molecule has 0 saturated carbocycles. The summed E-state index contributed by atoms with van der Waals surface area (Å²) < 4.78 is 0. The molecule has 1 aromatic heterocycles. The summed E-state index contributed by atoms with van der Waals surface area (Å²) >= 11 is 0. The van der Waals surface area contributed by atoms with Crippen LogP contribution < -0.4 is 0 Å². The van der Waals surface area contributed by atoms with Gasteiger partial charge in [-0.2, -0.15) is 0 Å². The molecular weight excluding hydrogens is 210 g/mol. The summed E-state index contributed by atoms with van der Waals surface area (Å²) in [5.41, 5.74) is 6.07. The molecule has 2 heteroatoms. The van der Waals surface area contributed by atoms with Gasteiger partial charge in [0.25, 0.3) is 0 Å². The summed E-state index contributed by atoms with van der Waals surface area (Å²) in [4.78, 5) is 3.43. The van der Waals surface area contributed by atoms with Gasteiger partial charge in [-0.3, -0.25) is 0 Å². The van der Waals surface area contributed by atoms with E-state index in [2.05, 4.69) is 31.8 Å². The number of phenols is 1. The Hall–Kier alpha value is -1.96. The van der Waals surface area contributed by atoms with Crippen molar-refractivity contribution in [1.82, 2.24) is 4.98 Å². The summed E-state index contributed by atoms with van der Waals surface area (Å²) in [7, 11) is 0. The van der Waals surface area contributed by atoms with Gasteiger partial charge < -0.3 is 10.1 Å². The zero-order valence-electron chi connectivity index (χ0n) is 10.3.